The number of halogens is 1. The summed E-state index contributed by atoms with van der Waals surface area (Å²) in [4.78, 5) is 0. The molecule has 1 saturated heterocycles. The van der Waals surface area contributed by atoms with E-state index < -0.39 is 12.2 Å². The minimum atomic E-state index is -0.998. The number of ether oxygens (including phenoxy) is 1. The molecular weight excluding hydrogens is 145 g/mol. The fourth-order valence-electron chi connectivity index (χ4n) is 1.51. The van der Waals surface area contributed by atoms with Crippen LogP contribution in [-0.4, -0.2) is 24.4 Å². The second-order valence-electron chi connectivity index (χ2n) is 3.57. The summed E-state index contributed by atoms with van der Waals surface area (Å²) in [5.41, 5.74) is 5.61. The summed E-state index contributed by atoms with van der Waals surface area (Å²) in [5, 5.41) is 0. The lowest BCUT2D eigenvalue weighted by Crippen LogP contribution is -2.39. The third-order valence-electron chi connectivity index (χ3n) is 2.22. The molecular formula is C8H16FNO. The molecule has 0 aromatic rings. The Morgan fingerprint density at radius 1 is 1.45 bits per heavy atom. The molecule has 4 unspecified atom stereocenters. The van der Waals surface area contributed by atoms with Gasteiger partial charge in [0, 0.05) is 0 Å². The summed E-state index contributed by atoms with van der Waals surface area (Å²) < 4.78 is 18.4. The van der Waals surface area contributed by atoms with Crippen LogP contribution in [0.5, 0.6) is 0 Å². The molecule has 66 valence electrons. The molecule has 1 fully saturated rings. The van der Waals surface area contributed by atoms with Crippen molar-refractivity contribution in [2.75, 3.05) is 0 Å². The zero-order valence-electron chi connectivity index (χ0n) is 7.25. The van der Waals surface area contributed by atoms with Crippen molar-refractivity contribution in [1.82, 2.24) is 0 Å². The maximum atomic E-state index is 13.1. The van der Waals surface area contributed by atoms with Crippen LogP contribution in [-0.2, 0) is 4.74 Å². The average Bonchev–Trinajstić information content (AvgIpc) is 2.17. The quantitative estimate of drug-likeness (QED) is 0.625. The van der Waals surface area contributed by atoms with E-state index in [-0.39, 0.29) is 12.2 Å². The van der Waals surface area contributed by atoms with Gasteiger partial charge in [0.15, 0.2) is 0 Å². The highest BCUT2D eigenvalue weighted by atomic mass is 19.1. The molecule has 0 bridgehead atoms. The van der Waals surface area contributed by atoms with E-state index in [1.165, 1.54) is 0 Å². The lowest BCUT2D eigenvalue weighted by atomic mass is 9.99. The Balaban J connectivity index is 2.59. The van der Waals surface area contributed by atoms with Crippen LogP contribution in [0.2, 0.25) is 0 Å². The Kier molecular flexibility index (Phi) is 2.50. The van der Waals surface area contributed by atoms with Crippen LogP contribution in [0.15, 0.2) is 0 Å². The first-order chi connectivity index (χ1) is 5.04. The molecule has 1 rings (SSSR count). The first kappa shape index (κ1) is 8.94. The highest BCUT2D eigenvalue weighted by molar-refractivity contribution is 4.93. The average molecular weight is 161 g/mol. The number of nitrogens with two attached hydrogens (primary N) is 1. The van der Waals surface area contributed by atoms with Gasteiger partial charge in [0.2, 0.25) is 0 Å². The van der Waals surface area contributed by atoms with Crippen molar-refractivity contribution >= 4 is 0 Å². The summed E-state index contributed by atoms with van der Waals surface area (Å²) in [6.45, 7) is 5.72. The standard InChI is InChI=1S/C8H16FNO/c1-4(2)8-7(10)6(9)5(3)11-8/h4-8H,10H2,1-3H3. The van der Waals surface area contributed by atoms with Crippen molar-refractivity contribution in [2.45, 2.75) is 45.2 Å². The second-order valence-corrected chi connectivity index (χ2v) is 3.57. The van der Waals surface area contributed by atoms with Crippen molar-refractivity contribution in [1.29, 1.82) is 0 Å². The lowest BCUT2D eigenvalue weighted by molar-refractivity contribution is 0.0158. The van der Waals surface area contributed by atoms with Gasteiger partial charge in [0.1, 0.15) is 6.17 Å². The van der Waals surface area contributed by atoms with E-state index in [4.69, 9.17) is 10.5 Å². The zero-order valence-corrected chi connectivity index (χ0v) is 7.25. The summed E-state index contributed by atoms with van der Waals surface area (Å²) in [6.07, 6.45) is -1.44. The molecule has 0 saturated carbocycles. The highest BCUT2D eigenvalue weighted by Gasteiger charge is 2.41. The van der Waals surface area contributed by atoms with Gasteiger partial charge in [-0.05, 0) is 12.8 Å². The minimum absolute atomic E-state index is 0.111. The van der Waals surface area contributed by atoms with Crippen molar-refractivity contribution < 1.29 is 9.13 Å². The van der Waals surface area contributed by atoms with Crippen LogP contribution < -0.4 is 5.73 Å². The van der Waals surface area contributed by atoms with Gasteiger partial charge in [0.25, 0.3) is 0 Å². The van der Waals surface area contributed by atoms with E-state index in [1.807, 2.05) is 13.8 Å². The summed E-state index contributed by atoms with van der Waals surface area (Å²) in [7, 11) is 0. The van der Waals surface area contributed by atoms with Gasteiger partial charge in [-0.3, -0.25) is 0 Å². The minimum Gasteiger partial charge on any atom is -0.370 e. The van der Waals surface area contributed by atoms with E-state index in [2.05, 4.69) is 0 Å². The molecule has 0 aromatic carbocycles. The molecule has 0 amide bonds. The van der Waals surface area contributed by atoms with Crippen LogP contribution in [0, 0.1) is 5.92 Å². The topological polar surface area (TPSA) is 35.2 Å². The molecule has 0 spiro atoms. The van der Waals surface area contributed by atoms with Gasteiger partial charge >= 0.3 is 0 Å². The SMILES string of the molecule is CC(C)C1OC(C)C(F)C1N. The molecule has 2 N–H and O–H groups in total. The molecule has 0 radical (unpaired) electrons. The Labute approximate surface area is 66.9 Å². The predicted molar refractivity (Wildman–Crippen MR) is 42.0 cm³/mol. The van der Waals surface area contributed by atoms with Gasteiger partial charge in [0.05, 0.1) is 18.2 Å². The number of hydrogen-bond acceptors (Lipinski definition) is 2. The van der Waals surface area contributed by atoms with Crippen LogP contribution in [0.3, 0.4) is 0 Å². The van der Waals surface area contributed by atoms with Crippen LogP contribution in [0.4, 0.5) is 4.39 Å². The molecule has 4 atom stereocenters. The molecule has 11 heavy (non-hydrogen) atoms. The van der Waals surface area contributed by atoms with E-state index in [1.54, 1.807) is 6.92 Å². The Bertz CT molecular complexity index is 140. The molecule has 1 aliphatic heterocycles. The van der Waals surface area contributed by atoms with Crippen LogP contribution in [0.25, 0.3) is 0 Å². The van der Waals surface area contributed by atoms with Crippen LogP contribution >= 0.6 is 0 Å². The van der Waals surface area contributed by atoms with E-state index >= 15 is 0 Å². The molecule has 2 nitrogen and oxygen atoms in total. The fourth-order valence-corrected chi connectivity index (χ4v) is 1.51. The van der Waals surface area contributed by atoms with E-state index in [9.17, 15) is 4.39 Å². The Morgan fingerprint density at radius 2 is 2.00 bits per heavy atom. The van der Waals surface area contributed by atoms with Crippen molar-refractivity contribution in [3.63, 3.8) is 0 Å². The maximum absolute atomic E-state index is 13.1. The molecule has 3 heteroatoms. The van der Waals surface area contributed by atoms with Crippen LogP contribution in [0.1, 0.15) is 20.8 Å². The normalized spacial score (nSPS) is 45.3. The predicted octanol–water partition coefficient (Wildman–Crippen LogP) is 1.10. The first-order valence-corrected chi connectivity index (χ1v) is 4.09. The third kappa shape index (κ3) is 1.54. The van der Waals surface area contributed by atoms with Gasteiger partial charge in [-0.1, -0.05) is 13.8 Å². The van der Waals surface area contributed by atoms with Crippen molar-refractivity contribution in [3.8, 4) is 0 Å². The van der Waals surface area contributed by atoms with Gasteiger partial charge in [-0.25, -0.2) is 4.39 Å². The number of rotatable bonds is 1. The third-order valence-corrected chi connectivity index (χ3v) is 2.22. The first-order valence-electron chi connectivity index (χ1n) is 4.09. The summed E-state index contributed by atoms with van der Waals surface area (Å²) in [6, 6.07) is -0.440. The van der Waals surface area contributed by atoms with E-state index in [0.717, 1.165) is 0 Å². The monoisotopic (exact) mass is 161 g/mol. The van der Waals surface area contributed by atoms with Gasteiger partial charge < -0.3 is 10.5 Å². The lowest BCUT2D eigenvalue weighted by Gasteiger charge is -2.18. The molecule has 1 heterocycles. The smallest absolute Gasteiger partial charge is 0.143 e. The highest BCUT2D eigenvalue weighted by Crippen LogP contribution is 2.26. The summed E-state index contributed by atoms with van der Waals surface area (Å²) in [5.74, 6) is 0.299. The number of alkyl halides is 1. The largest absolute Gasteiger partial charge is 0.370 e. The van der Waals surface area contributed by atoms with Gasteiger partial charge in [-0.2, -0.15) is 0 Å². The Hall–Kier alpha value is -0.150. The maximum Gasteiger partial charge on any atom is 0.143 e. The van der Waals surface area contributed by atoms with Crippen molar-refractivity contribution in [2.24, 2.45) is 11.7 Å². The van der Waals surface area contributed by atoms with Crippen molar-refractivity contribution in [3.05, 3.63) is 0 Å². The summed E-state index contributed by atoms with van der Waals surface area (Å²) >= 11 is 0. The Morgan fingerprint density at radius 3 is 2.18 bits per heavy atom. The molecule has 0 aromatic heterocycles. The number of hydrogen-bond donors (Lipinski definition) is 1. The van der Waals surface area contributed by atoms with Gasteiger partial charge in [-0.15, -0.1) is 0 Å². The fraction of sp³-hybridized carbons (Fsp3) is 1.00. The zero-order chi connectivity index (χ0) is 8.59. The molecule has 1 aliphatic rings. The second kappa shape index (κ2) is 3.07. The van der Waals surface area contributed by atoms with E-state index in [0.29, 0.717) is 5.92 Å². The molecule has 0 aliphatic carbocycles.